The van der Waals surface area contributed by atoms with Gasteiger partial charge in [0, 0.05) is 52.2 Å². The molecule has 2 N–H and O–H groups in total. The maximum Gasteiger partial charge on any atom is 0.191 e. The van der Waals surface area contributed by atoms with E-state index in [2.05, 4.69) is 20.6 Å². The molecule has 146 valence electrons. The fraction of sp³-hybridized carbons (Fsp3) is 0.368. The van der Waals surface area contributed by atoms with Crippen LogP contribution in [0.2, 0.25) is 0 Å². The smallest absolute Gasteiger partial charge is 0.191 e. The number of nitrogens with one attached hydrogen (secondary N) is 2. The lowest BCUT2D eigenvalue weighted by molar-refractivity contribution is 0.601. The van der Waals surface area contributed by atoms with E-state index in [1.54, 1.807) is 26.2 Å². The summed E-state index contributed by atoms with van der Waals surface area (Å²) in [4.78, 5) is 11.0. The molecule has 2 aromatic rings. The molecule has 0 fully saturated rings. The summed E-state index contributed by atoms with van der Waals surface area (Å²) in [5.41, 5.74) is 2.79. The van der Waals surface area contributed by atoms with E-state index in [9.17, 15) is 8.42 Å². The lowest BCUT2D eigenvalue weighted by Crippen LogP contribution is -2.36. The number of aromatic nitrogens is 1. The van der Waals surface area contributed by atoms with Crippen molar-refractivity contribution in [3.8, 4) is 0 Å². The number of sulfone groups is 1. The van der Waals surface area contributed by atoms with Crippen molar-refractivity contribution in [3.63, 3.8) is 0 Å². The Bertz CT molecular complexity index is 923. The van der Waals surface area contributed by atoms with Gasteiger partial charge in [0.2, 0.25) is 0 Å². The number of hydrogen-bond acceptors (Lipinski definition) is 5. The third-order valence-electron chi connectivity index (χ3n) is 4.06. The minimum atomic E-state index is -3.20. The van der Waals surface area contributed by atoms with Gasteiger partial charge in [-0.2, -0.15) is 0 Å². The maximum atomic E-state index is 11.7. The van der Waals surface area contributed by atoms with Crippen molar-refractivity contribution in [1.29, 1.82) is 0 Å². The summed E-state index contributed by atoms with van der Waals surface area (Å²) in [6, 6.07) is 9.27. The van der Waals surface area contributed by atoms with Crippen LogP contribution in [0.3, 0.4) is 0 Å². The van der Waals surface area contributed by atoms with E-state index in [-0.39, 0.29) is 0 Å². The lowest BCUT2D eigenvalue weighted by Gasteiger charge is -2.17. The van der Waals surface area contributed by atoms with Gasteiger partial charge < -0.3 is 15.5 Å². The van der Waals surface area contributed by atoms with Gasteiger partial charge in [-0.1, -0.05) is 18.2 Å². The van der Waals surface area contributed by atoms with Crippen LogP contribution in [0.1, 0.15) is 16.7 Å². The van der Waals surface area contributed by atoms with Gasteiger partial charge in [0.05, 0.1) is 4.90 Å². The molecule has 0 bridgehead atoms. The van der Waals surface area contributed by atoms with Crippen LogP contribution in [0, 0.1) is 6.92 Å². The summed E-state index contributed by atoms with van der Waals surface area (Å²) >= 11 is 0. The van der Waals surface area contributed by atoms with Crippen LogP contribution in [0.15, 0.2) is 46.4 Å². The van der Waals surface area contributed by atoms with E-state index in [4.69, 9.17) is 0 Å². The summed E-state index contributed by atoms with van der Waals surface area (Å²) in [5.74, 6) is 1.57. The van der Waals surface area contributed by atoms with Crippen LogP contribution in [-0.2, 0) is 22.9 Å². The van der Waals surface area contributed by atoms with Crippen LogP contribution >= 0.6 is 0 Å². The first-order chi connectivity index (χ1) is 12.7. The van der Waals surface area contributed by atoms with Gasteiger partial charge in [0.25, 0.3) is 0 Å². The van der Waals surface area contributed by atoms with E-state index in [1.807, 2.05) is 43.3 Å². The third-order valence-corrected chi connectivity index (χ3v) is 5.32. The summed E-state index contributed by atoms with van der Waals surface area (Å²) in [6.07, 6.45) is 2.99. The van der Waals surface area contributed by atoms with Crippen LogP contribution in [-0.4, -0.2) is 46.8 Å². The second-order valence-corrected chi connectivity index (χ2v) is 8.52. The normalized spacial score (nSPS) is 12.0. The van der Waals surface area contributed by atoms with Crippen molar-refractivity contribution in [2.45, 2.75) is 24.9 Å². The van der Waals surface area contributed by atoms with E-state index in [1.165, 1.54) is 6.26 Å². The molecule has 0 amide bonds. The Morgan fingerprint density at radius 2 is 1.89 bits per heavy atom. The van der Waals surface area contributed by atoms with Gasteiger partial charge in [-0.15, -0.1) is 0 Å². The van der Waals surface area contributed by atoms with E-state index in [0.717, 1.165) is 22.5 Å². The summed E-state index contributed by atoms with van der Waals surface area (Å²) < 4.78 is 23.4. The topological polar surface area (TPSA) is 86.7 Å². The molecule has 0 aliphatic rings. The monoisotopic (exact) mass is 389 g/mol. The number of anilines is 1. The Labute approximate surface area is 161 Å². The van der Waals surface area contributed by atoms with E-state index in [0.29, 0.717) is 23.9 Å². The van der Waals surface area contributed by atoms with Crippen LogP contribution in [0.25, 0.3) is 0 Å². The van der Waals surface area contributed by atoms with Crippen LogP contribution in [0.5, 0.6) is 0 Å². The van der Waals surface area contributed by atoms with Crippen molar-refractivity contribution in [3.05, 3.63) is 53.2 Å². The number of benzene rings is 1. The van der Waals surface area contributed by atoms with Crippen molar-refractivity contribution in [1.82, 2.24) is 15.6 Å². The molecule has 1 heterocycles. The van der Waals surface area contributed by atoms with E-state index < -0.39 is 9.84 Å². The van der Waals surface area contributed by atoms with Crippen LogP contribution < -0.4 is 15.5 Å². The fourth-order valence-corrected chi connectivity index (χ4v) is 3.75. The minimum absolute atomic E-state index is 0.363. The van der Waals surface area contributed by atoms with Gasteiger partial charge in [0.1, 0.15) is 5.82 Å². The largest absolute Gasteiger partial charge is 0.362 e. The predicted molar refractivity (Wildman–Crippen MR) is 110 cm³/mol. The summed E-state index contributed by atoms with van der Waals surface area (Å²) in [7, 11) is 2.43. The Morgan fingerprint density at radius 1 is 1.19 bits per heavy atom. The SMILES string of the molecule is CN=C(NCc1ccc(S(C)(=O)=O)c(C)c1)NCc1cccnc1N(C)C. The fourth-order valence-electron chi connectivity index (χ4n) is 2.79. The lowest BCUT2D eigenvalue weighted by atomic mass is 10.1. The third kappa shape index (κ3) is 5.68. The highest BCUT2D eigenvalue weighted by Gasteiger charge is 2.11. The minimum Gasteiger partial charge on any atom is -0.362 e. The zero-order valence-electron chi connectivity index (χ0n) is 16.4. The Kier molecular flexibility index (Phi) is 6.79. The van der Waals surface area contributed by atoms with Crippen molar-refractivity contribution >= 4 is 21.6 Å². The number of aryl methyl sites for hydroxylation is 1. The molecule has 7 nitrogen and oxygen atoms in total. The molecule has 1 aromatic heterocycles. The number of nitrogens with zero attached hydrogens (tertiary/aromatic N) is 3. The molecule has 0 saturated heterocycles. The Balaban J connectivity index is 2.00. The molecule has 0 radical (unpaired) electrons. The molecule has 0 aliphatic heterocycles. The van der Waals surface area contributed by atoms with Gasteiger partial charge in [-0.05, 0) is 30.2 Å². The number of pyridine rings is 1. The molecule has 0 atom stereocenters. The van der Waals surface area contributed by atoms with E-state index >= 15 is 0 Å². The van der Waals surface area contributed by atoms with Gasteiger partial charge in [0.15, 0.2) is 15.8 Å². The predicted octanol–water partition coefficient (Wildman–Crippen LogP) is 1.72. The van der Waals surface area contributed by atoms with Gasteiger partial charge in [-0.25, -0.2) is 13.4 Å². The number of hydrogen-bond donors (Lipinski definition) is 2. The molecule has 0 saturated carbocycles. The second kappa shape index (κ2) is 8.85. The Morgan fingerprint density at radius 3 is 2.48 bits per heavy atom. The first-order valence-corrected chi connectivity index (χ1v) is 10.5. The number of guanidine groups is 1. The zero-order valence-corrected chi connectivity index (χ0v) is 17.3. The zero-order chi connectivity index (χ0) is 20.0. The molecular weight excluding hydrogens is 362 g/mol. The average Bonchev–Trinajstić information content (AvgIpc) is 2.61. The molecule has 8 heteroatoms. The van der Waals surface area contributed by atoms with Crippen molar-refractivity contribution in [2.24, 2.45) is 4.99 Å². The molecule has 1 aromatic carbocycles. The summed E-state index contributed by atoms with van der Waals surface area (Å²) in [6.45, 7) is 2.93. The average molecular weight is 390 g/mol. The number of aliphatic imine (C=N–C) groups is 1. The highest BCUT2D eigenvalue weighted by atomic mass is 32.2. The maximum absolute atomic E-state index is 11.7. The highest BCUT2D eigenvalue weighted by molar-refractivity contribution is 7.90. The Hall–Kier alpha value is -2.61. The standard InChI is InChI=1S/C19H27N5O2S/c1-14-11-15(8-9-17(14)27(5,25)26)12-22-19(20-2)23-13-16-7-6-10-21-18(16)24(3)4/h6-11H,12-13H2,1-5H3,(H2,20,22,23). The molecule has 27 heavy (non-hydrogen) atoms. The second-order valence-electron chi connectivity index (χ2n) is 6.53. The summed E-state index contributed by atoms with van der Waals surface area (Å²) in [5, 5.41) is 6.52. The molecule has 0 unspecified atom stereocenters. The quantitative estimate of drug-likeness (QED) is 0.578. The number of rotatable bonds is 6. The van der Waals surface area contributed by atoms with Gasteiger partial charge >= 0.3 is 0 Å². The first-order valence-electron chi connectivity index (χ1n) is 8.57. The molecule has 2 rings (SSSR count). The molecule has 0 spiro atoms. The highest BCUT2D eigenvalue weighted by Crippen LogP contribution is 2.17. The van der Waals surface area contributed by atoms with Crippen molar-refractivity contribution in [2.75, 3.05) is 32.3 Å². The molecule has 0 aliphatic carbocycles. The van der Waals surface area contributed by atoms with Crippen LogP contribution in [0.4, 0.5) is 5.82 Å². The molecular formula is C19H27N5O2S. The van der Waals surface area contributed by atoms with Gasteiger partial charge in [-0.3, -0.25) is 4.99 Å². The first kappa shape index (κ1) is 20.7. The van der Waals surface area contributed by atoms with Crippen molar-refractivity contribution < 1.29 is 8.42 Å².